The summed E-state index contributed by atoms with van der Waals surface area (Å²) in [5.41, 5.74) is 7.50. The Balaban J connectivity index is 0.000000169. The third-order valence-corrected chi connectivity index (χ3v) is 15.2. The maximum atomic E-state index is 14.9. The van der Waals surface area contributed by atoms with Gasteiger partial charge in [-0.1, -0.05) is 31.2 Å². The highest BCUT2D eigenvalue weighted by Crippen LogP contribution is 2.39. The molecule has 2 N–H and O–H groups in total. The van der Waals surface area contributed by atoms with Gasteiger partial charge in [-0.3, -0.25) is 19.6 Å². The summed E-state index contributed by atoms with van der Waals surface area (Å²) in [5.74, 6) is -1.01. The summed E-state index contributed by atoms with van der Waals surface area (Å²) in [4.78, 5) is 35.3. The number of nitrogens with zero attached hydrogens (tertiary/aromatic N) is 6. The van der Waals surface area contributed by atoms with Crippen LogP contribution in [0.1, 0.15) is 92.6 Å². The molecule has 0 spiro atoms. The van der Waals surface area contributed by atoms with E-state index in [1.54, 1.807) is 70.9 Å². The highest BCUT2D eigenvalue weighted by molar-refractivity contribution is 6.62. The average Bonchev–Trinajstić information content (AvgIpc) is 4.40. The fourth-order valence-electron chi connectivity index (χ4n) is 9.51. The maximum Gasteiger partial charge on any atom is 0.494 e. The van der Waals surface area contributed by atoms with Gasteiger partial charge in [-0.05, 0) is 137 Å². The van der Waals surface area contributed by atoms with Crippen LogP contribution in [-0.4, -0.2) is 117 Å². The second-order valence-electron chi connectivity index (χ2n) is 21.5. The molecular weight excluding hydrogens is 1080 g/mol. The SMILES string of the molecule is C.CC1(C)OB(c2ccc(NC3CCOCC3)c(C#N)c2)OC1(C)C.CN(C)C(=O)c1ccc(-c2cc3nccc(-c4ccc(NC5CCOCC5)c(C#N)c4)c3o2)c(F)c1.CN(C)C(=O)c1ccc(-c2cc3nccc(Cl)c3o2)c(F)c1. The molecule has 0 radical (unpaired) electrons. The molecule has 2 amide bonds. The van der Waals surface area contributed by atoms with Crippen molar-refractivity contribution in [1.29, 1.82) is 10.5 Å². The molecule has 4 aromatic carbocycles. The standard InChI is InChI=1S/C28H25FN4O3.C18H25BN2O3.C16H12ClFN2O2.CH4/c1-33(2)28(34)18-3-5-22(23(29)14-18)26-15-25-27(36-26)21(7-10-31-25)17-4-6-24(19(13-17)16-30)32-20-8-11-35-12-9-20;1-17(2)18(3,4)24-19(23-17)14-5-6-16(13(11-14)12-20)21-15-7-9-22-10-8-15;1-20(2)16(21)9-3-4-10(12(18)7-9)14-8-13-15(22-14)11(17)5-6-19-13;/h3-7,10,13-15,20,32H,8-9,11-12H2,1-2H3;5-6,11,15,21H,7-10H2,1-4H3;3-8H,1-2H3;1H4. The summed E-state index contributed by atoms with van der Waals surface area (Å²) in [7, 11) is 6.01. The second-order valence-corrected chi connectivity index (χ2v) is 21.9. The second kappa shape index (κ2) is 26.0. The summed E-state index contributed by atoms with van der Waals surface area (Å²) in [6, 6.07) is 31.9. The molecule has 4 aromatic heterocycles. The zero-order valence-corrected chi connectivity index (χ0v) is 47.6. The minimum absolute atomic E-state index is 0. The van der Waals surface area contributed by atoms with Gasteiger partial charge >= 0.3 is 7.12 Å². The van der Waals surface area contributed by atoms with Crippen LogP contribution < -0.4 is 16.1 Å². The lowest BCUT2D eigenvalue weighted by Crippen LogP contribution is -2.41. The number of carbonyl (C=O) groups is 2. The van der Waals surface area contributed by atoms with Crippen LogP contribution in [0.4, 0.5) is 20.2 Å². The van der Waals surface area contributed by atoms with Gasteiger partial charge in [-0.25, -0.2) is 8.78 Å². The monoisotopic (exact) mass is 1150 g/mol. The first-order valence-corrected chi connectivity index (χ1v) is 27.2. The van der Waals surface area contributed by atoms with Crippen molar-refractivity contribution < 1.29 is 46.0 Å². The topological polar surface area (TPSA) is 201 Å². The van der Waals surface area contributed by atoms with Gasteiger partial charge in [0.25, 0.3) is 11.8 Å². The number of pyridine rings is 2. The van der Waals surface area contributed by atoms with Gasteiger partial charge in [-0.15, -0.1) is 0 Å². The molecule has 3 saturated heterocycles. The lowest BCUT2D eigenvalue weighted by molar-refractivity contribution is 0.00578. The van der Waals surface area contributed by atoms with Crippen LogP contribution in [0.15, 0.2) is 118 Å². The van der Waals surface area contributed by atoms with Gasteiger partial charge in [0.15, 0.2) is 11.2 Å². The molecule has 3 fully saturated rings. The minimum atomic E-state index is -0.557. The minimum Gasteiger partial charge on any atom is -0.454 e. The Hall–Kier alpha value is -8.17. The molecule has 0 aliphatic carbocycles. The van der Waals surface area contributed by atoms with E-state index in [1.807, 2.05) is 70.2 Å². The lowest BCUT2D eigenvalue weighted by Gasteiger charge is -2.32. The Morgan fingerprint density at radius 3 is 1.54 bits per heavy atom. The molecule has 0 saturated carbocycles. The van der Waals surface area contributed by atoms with Crippen LogP contribution >= 0.6 is 11.6 Å². The number of nitrogens with one attached hydrogen (secondary N) is 2. The van der Waals surface area contributed by atoms with E-state index in [1.165, 1.54) is 34.1 Å². The summed E-state index contributed by atoms with van der Waals surface area (Å²) in [6.07, 6.45) is 6.93. The number of halogens is 3. The summed E-state index contributed by atoms with van der Waals surface area (Å²) in [6.45, 7) is 11.1. The number of amides is 2. The number of anilines is 2. The smallest absolute Gasteiger partial charge is 0.454 e. The molecule has 83 heavy (non-hydrogen) atoms. The number of furan rings is 2. The molecule has 0 atom stereocenters. The first-order valence-electron chi connectivity index (χ1n) is 26.8. The predicted octanol–water partition coefficient (Wildman–Crippen LogP) is 12.5. The third-order valence-electron chi connectivity index (χ3n) is 14.9. The average molecular weight is 1150 g/mol. The van der Waals surface area contributed by atoms with Gasteiger partial charge < -0.3 is 48.1 Å². The molecule has 8 aromatic rings. The van der Waals surface area contributed by atoms with Crippen molar-refractivity contribution in [1.82, 2.24) is 19.8 Å². The largest absolute Gasteiger partial charge is 0.494 e. The van der Waals surface area contributed by atoms with Crippen molar-refractivity contribution in [3.05, 3.63) is 148 Å². The highest BCUT2D eigenvalue weighted by Gasteiger charge is 2.51. The van der Waals surface area contributed by atoms with E-state index in [0.717, 1.165) is 66.9 Å². The van der Waals surface area contributed by atoms with Crippen molar-refractivity contribution in [2.45, 2.75) is 84.1 Å². The van der Waals surface area contributed by atoms with Crippen molar-refractivity contribution in [2.75, 3.05) is 65.3 Å². The number of ether oxygens (including phenoxy) is 2. The molecule has 0 unspecified atom stereocenters. The number of hydrogen-bond donors (Lipinski definition) is 2. The highest BCUT2D eigenvalue weighted by atomic mass is 35.5. The molecule has 0 bridgehead atoms. The van der Waals surface area contributed by atoms with Crippen LogP contribution in [0.3, 0.4) is 0 Å². The van der Waals surface area contributed by atoms with E-state index < -0.39 is 18.8 Å². The lowest BCUT2D eigenvalue weighted by atomic mass is 9.78. The Morgan fingerprint density at radius 1 is 0.614 bits per heavy atom. The van der Waals surface area contributed by atoms with Gasteiger partial charge in [0.2, 0.25) is 0 Å². The summed E-state index contributed by atoms with van der Waals surface area (Å²) < 4.78 is 63.9. The van der Waals surface area contributed by atoms with Crippen LogP contribution in [0.5, 0.6) is 0 Å². The van der Waals surface area contributed by atoms with E-state index >= 15 is 0 Å². The van der Waals surface area contributed by atoms with E-state index in [2.05, 4.69) is 32.7 Å². The molecule has 20 heteroatoms. The number of carbonyl (C=O) groups excluding carboxylic acids is 2. The maximum absolute atomic E-state index is 14.9. The van der Waals surface area contributed by atoms with E-state index in [0.29, 0.717) is 69.1 Å². The molecule has 11 rings (SSSR count). The van der Waals surface area contributed by atoms with Crippen molar-refractivity contribution in [3.8, 4) is 45.9 Å². The van der Waals surface area contributed by atoms with Gasteiger partial charge in [0.05, 0.1) is 49.9 Å². The van der Waals surface area contributed by atoms with Crippen molar-refractivity contribution in [3.63, 3.8) is 0 Å². The normalized spacial score (nSPS) is 15.6. The van der Waals surface area contributed by atoms with Crippen LogP contribution in [0.25, 0.3) is 56.0 Å². The molecule has 7 heterocycles. The van der Waals surface area contributed by atoms with Gasteiger partial charge in [0, 0.05) is 108 Å². The summed E-state index contributed by atoms with van der Waals surface area (Å²) >= 11 is 6.02. The van der Waals surface area contributed by atoms with E-state index in [-0.39, 0.29) is 58.7 Å². The van der Waals surface area contributed by atoms with E-state index in [9.17, 15) is 28.9 Å². The Morgan fingerprint density at radius 2 is 1.07 bits per heavy atom. The molecule has 430 valence electrons. The summed E-state index contributed by atoms with van der Waals surface area (Å²) in [5, 5.41) is 26.7. The quantitative estimate of drug-likeness (QED) is 0.122. The molecule has 3 aliphatic rings. The Kier molecular flexibility index (Phi) is 19.1. The Bertz CT molecular complexity index is 3730. The number of fused-ring (bicyclic) bond motifs is 2. The fourth-order valence-corrected chi connectivity index (χ4v) is 9.70. The predicted molar refractivity (Wildman–Crippen MR) is 319 cm³/mol. The zero-order valence-electron chi connectivity index (χ0n) is 46.9. The van der Waals surface area contributed by atoms with E-state index in [4.69, 9.17) is 39.2 Å². The number of nitriles is 2. The first-order chi connectivity index (χ1) is 39.2. The van der Waals surface area contributed by atoms with Crippen molar-refractivity contribution in [2.24, 2.45) is 0 Å². The van der Waals surface area contributed by atoms with Crippen molar-refractivity contribution >= 4 is 69.6 Å². The first kappa shape index (κ1) is 60.9. The van der Waals surface area contributed by atoms with Gasteiger partial charge in [0.1, 0.15) is 46.3 Å². The fraction of sp³-hybridized carbons (Fsp3) is 0.333. The third kappa shape index (κ3) is 13.7. The van der Waals surface area contributed by atoms with Crippen LogP contribution in [0, 0.1) is 34.3 Å². The van der Waals surface area contributed by atoms with Gasteiger partial charge in [-0.2, -0.15) is 10.5 Å². The number of aromatic nitrogens is 2. The van der Waals surface area contributed by atoms with Crippen LogP contribution in [-0.2, 0) is 18.8 Å². The zero-order chi connectivity index (χ0) is 58.5. The number of rotatable bonds is 10. The number of hydrogen-bond acceptors (Lipinski definition) is 14. The molecular formula is C63H66BClF2N8O8. The van der Waals surface area contributed by atoms with Crippen LogP contribution in [0.2, 0.25) is 5.02 Å². The molecule has 3 aliphatic heterocycles. The molecule has 16 nitrogen and oxygen atoms in total. The Labute approximate surface area is 487 Å². The number of benzene rings is 4.